The van der Waals surface area contributed by atoms with E-state index in [2.05, 4.69) is 38.1 Å². The average molecular weight is 386 g/mol. The van der Waals surface area contributed by atoms with Gasteiger partial charge in [0.15, 0.2) is 0 Å². The summed E-state index contributed by atoms with van der Waals surface area (Å²) in [4.78, 5) is 16.2. The number of aromatic nitrogens is 1. The van der Waals surface area contributed by atoms with Crippen molar-refractivity contribution in [3.63, 3.8) is 0 Å². The standard InChI is InChI=1S/C22H35N5O/c1-19(27-18-21-12-5-6-15-25-21)22(28)26-16-8-7-13-23-14-9-17-24-20-10-3-2-4-11-20/h5-6,12,15,19-20,23-24,27H,2-4,9-11,13-14,16-18H2,1H3,(H,26,28)/t19-/m0/s1. The van der Waals surface area contributed by atoms with Crippen LogP contribution in [0, 0.1) is 11.8 Å². The lowest BCUT2D eigenvalue weighted by Gasteiger charge is -2.22. The quantitative estimate of drug-likeness (QED) is 0.344. The molecule has 0 spiro atoms. The monoisotopic (exact) mass is 385 g/mol. The lowest BCUT2D eigenvalue weighted by Crippen LogP contribution is -2.42. The largest absolute Gasteiger partial charge is 0.344 e. The third-order valence-corrected chi connectivity index (χ3v) is 4.97. The van der Waals surface area contributed by atoms with Gasteiger partial charge in [-0.2, -0.15) is 0 Å². The third-order valence-electron chi connectivity index (χ3n) is 4.97. The normalized spacial score (nSPS) is 15.5. The third kappa shape index (κ3) is 9.84. The Morgan fingerprint density at radius 1 is 1.18 bits per heavy atom. The number of hydrogen-bond donors (Lipinski definition) is 4. The van der Waals surface area contributed by atoms with Crippen LogP contribution in [0.1, 0.15) is 51.1 Å². The first-order chi connectivity index (χ1) is 13.8. The first-order valence-corrected chi connectivity index (χ1v) is 10.6. The fraction of sp³-hybridized carbons (Fsp3) is 0.636. The van der Waals surface area contributed by atoms with Crippen molar-refractivity contribution in [1.29, 1.82) is 0 Å². The molecule has 6 nitrogen and oxygen atoms in total. The number of nitrogens with zero attached hydrogens (tertiary/aromatic N) is 1. The van der Waals surface area contributed by atoms with Crippen LogP contribution in [0.25, 0.3) is 0 Å². The second kappa shape index (κ2) is 14.1. The van der Waals surface area contributed by atoms with E-state index >= 15 is 0 Å². The fourth-order valence-corrected chi connectivity index (χ4v) is 3.24. The maximum absolute atomic E-state index is 12.0. The van der Waals surface area contributed by atoms with E-state index in [-0.39, 0.29) is 11.9 Å². The maximum Gasteiger partial charge on any atom is 0.237 e. The number of hydrogen-bond acceptors (Lipinski definition) is 5. The summed E-state index contributed by atoms with van der Waals surface area (Å²) >= 11 is 0. The lowest BCUT2D eigenvalue weighted by atomic mass is 9.95. The summed E-state index contributed by atoms with van der Waals surface area (Å²) < 4.78 is 0. The highest BCUT2D eigenvalue weighted by Gasteiger charge is 2.12. The van der Waals surface area contributed by atoms with Gasteiger partial charge in [0.05, 0.1) is 24.8 Å². The molecule has 1 aliphatic rings. The minimum absolute atomic E-state index is 0.0491. The topological polar surface area (TPSA) is 78.1 Å². The average Bonchev–Trinajstić information content (AvgIpc) is 2.74. The summed E-state index contributed by atoms with van der Waals surface area (Å²) in [5.41, 5.74) is 0.918. The Kier molecular flexibility index (Phi) is 11.3. The van der Waals surface area contributed by atoms with E-state index in [1.54, 1.807) is 6.20 Å². The number of nitrogens with one attached hydrogen (secondary N) is 4. The molecule has 1 atom stereocenters. The Morgan fingerprint density at radius 3 is 2.79 bits per heavy atom. The summed E-state index contributed by atoms with van der Waals surface area (Å²) in [5.74, 6) is 5.99. The molecule has 1 saturated carbocycles. The van der Waals surface area contributed by atoms with Crippen molar-refractivity contribution in [1.82, 2.24) is 26.3 Å². The lowest BCUT2D eigenvalue weighted by molar-refractivity contribution is -0.122. The van der Waals surface area contributed by atoms with Crippen molar-refractivity contribution in [3.8, 4) is 11.8 Å². The molecule has 0 aromatic carbocycles. The van der Waals surface area contributed by atoms with Crippen LogP contribution in [0.3, 0.4) is 0 Å². The van der Waals surface area contributed by atoms with Gasteiger partial charge < -0.3 is 21.3 Å². The SMILES string of the molecule is C[C@H](NCc1ccccn1)C(=O)NCC#CCNCCCNC1CCCCC1. The number of carbonyl (C=O) groups is 1. The zero-order chi connectivity index (χ0) is 19.9. The van der Waals surface area contributed by atoms with E-state index in [4.69, 9.17) is 0 Å². The molecule has 1 heterocycles. The summed E-state index contributed by atoms with van der Waals surface area (Å²) in [5, 5.41) is 13.0. The van der Waals surface area contributed by atoms with Crippen molar-refractivity contribution >= 4 is 5.91 Å². The van der Waals surface area contributed by atoms with Crippen LogP contribution in [0.2, 0.25) is 0 Å². The van der Waals surface area contributed by atoms with Gasteiger partial charge in [-0.05, 0) is 51.4 Å². The molecule has 0 unspecified atom stereocenters. The highest BCUT2D eigenvalue weighted by atomic mass is 16.2. The van der Waals surface area contributed by atoms with Crippen LogP contribution in [-0.4, -0.2) is 49.2 Å². The molecule has 0 saturated heterocycles. The second-order valence-corrected chi connectivity index (χ2v) is 7.31. The second-order valence-electron chi connectivity index (χ2n) is 7.31. The molecule has 6 heteroatoms. The summed E-state index contributed by atoms with van der Waals surface area (Å²) in [6, 6.07) is 6.20. The van der Waals surface area contributed by atoms with Crippen molar-refractivity contribution in [3.05, 3.63) is 30.1 Å². The molecule has 1 aliphatic carbocycles. The molecule has 4 N–H and O–H groups in total. The number of carbonyl (C=O) groups excluding carboxylic acids is 1. The summed E-state index contributed by atoms with van der Waals surface area (Å²) in [7, 11) is 0. The highest BCUT2D eigenvalue weighted by Crippen LogP contribution is 2.17. The van der Waals surface area contributed by atoms with Gasteiger partial charge in [0.2, 0.25) is 5.91 Å². The first kappa shape index (κ1) is 22.4. The number of rotatable bonds is 11. The molecular weight excluding hydrogens is 350 g/mol. The molecule has 0 aliphatic heterocycles. The Morgan fingerprint density at radius 2 is 2.00 bits per heavy atom. The predicted molar refractivity (Wildman–Crippen MR) is 114 cm³/mol. The van der Waals surface area contributed by atoms with Crippen LogP contribution in [0.4, 0.5) is 0 Å². The molecule has 1 aromatic rings. The fourth-order valence-electron chi connectivity index (χ4n) is 3.24. The van der Waals surface area contributed by atoms with Crippen molar-refractivity contribution in [2.24, 2.45) is 0 Å². The van der Waals surface area contributed by atoms with E-state index in [0.29, 0.717) is 19.6 Å². The van der Waals surface area contributed by atoms with Crippen LogP contribution >= 0.6 is 0 Å². The molecule has 1 amide bonds. The summed E-state index contributed by atoms with van der Waals surface area (Å²) in [6.45, 7) is 5.49. The van der Waals surface area contributed by atoms with Crippen molar-refractivity contribution < 1.29 is 4.79 Å². The molecule has 0 bridgehead atoms. The Balaban J connectivity index is 1.43. The van der Waals surface area contributed by atoms with E-state index in [1.807, 2.05) is 25.1 Å². The number of amides is 1. The molecular formula is C22H35N5O. The van der Waals surface area contributed by atoms with Crippen molar-refractivity contribution in [2.45, 2.75) is 64.1 Å². The Bertz CT molecular complexity index is 604. The Labute approximate surface area is 169 Å². The van der Waals surface area contributed by atoms with Gasteiger partial charge in [0.1, 0.15) is 0 Å². The Hall–Kier alpha value is -1.94. The van der Waals surface area contributed by atoms with Gasteiger partial charge in [-0.3, -0.25) is 9.78 Å². The number of pyridine rings is 1. The van der Waals surface area contributed by atoms with Gasteiger partial charge in [0, 0.05) is 18.8 Å². The molecule has 2 rings (SSSR count). The molecule has 154 valence electrons. The van der Waals surface area contributed by atoms with Crippen LogP contribution in [0.5, 0.6) is 0 Å². The molecule has 28 heavy (non-hydrogen) atoms. The minimum atomic E-state index is -0.279. The van der Waals surface area contributed by atoms with Crippen molar-refractivity contribution in [2.75, 3.05) is 26.2 Å². The van der Waals surface area contributed by atoms with E-state index in [1.165, 1.54) is 32.1 Å². The van der Waals surface area contributed by atoms with Gasteiger partial charge in [0.25, 0.3) is 0 Å². The van der Waals surface area contributed by atoms with Gasteiger partial charge in [-0.15, -0.1) is 0 Å². The van der Waals surface area contributed by atoms with E-state index < -0.39 is 0 Å². The molecule has 0 radical (unpaired) electrons. The van der Waals surface area contributed by atoms with Crippen LogP contribution in [-0.2, 0) is 11.3 Å². The first-order valence-electron chi connectivity index (χ1n) is 10.6. The smallest absolute Gasteiger partial charge is 0.237 e. The zero-order valence-electron chi connectivity index (χ0n) is 17.1. The van der Waals surface area contributed by atoms with Gasteiger partial charge >= 0.3 is 0 Å². The highest BCUT2D eigenvalue weighted by molar-refractivity contribution is 5.81. The summed E-state index contributed by atoms with van der Waals surface area (Å²) in [6.07, 6.45) is 9.69. The van der Waals surface area contributed by atoms with Gasteiger partial charge in [-0.1, -0.05) is 37.2 Å². The zero-order valence-corrected chi connectivity index (χ0v) is 17.1. The van der Waals surface area contributed by atoms with E-state index in [9.17, 15) is 4.79 Å². The molecule has 1 fully saturated rings. The van der Waals surface area contributed by atoms with E-state index in [0.717, 1.165) is 31.2 Å². The van der Waals surface area contributed by atoms with Crippen LogP contribution in [0.15, 0.2) is 24.4 Å². The maximum atomic E-state index is 12.0. The predicted octanol–water partition coefficient (Wildman–Crippen LogP) is 1.58. The van der Waals surface area contributed by atoms with Gasteiger partial charge in [-0.25, -0.2) is 0 Å². The minimum Gasteiger partial charge on any atom is -0.344 e. The molecule has 1 aromatic heterocycles. The van der Waals surface area contributed by atoms with Crippen LogP contribution < -0.4 is 21.3 Å².